The van der Waals surface area contributed by atoms with Crippen LogP contribution in [0.4, 0.5) is 19.0 Å². The summed E-state index contributed by atoms with van der Waals surface area (Å²) < 4.78 is 39.3. The van der Waals surface area contributed by atoms with Gasteiger partial charge in [-0.05, 0) is 25.0 Å². The first-order valence-corrected chi connectivity index (χ1v) is 6.91. The van der Waals surface area contributed by atoms with Gasteiger partial charge in [0.2, 0.25) is 0 Å². The number of anilines is 1. The zero-order chi connectivity index (χ0) is 15.6. The van der Waals surface area contributed by atoms with E-state index in [0.29, 0.717) is 18.3 Å². The molecular weight excluding hydrogens is 283 g/mol. The first-order chi connectivity index (χ1) is 9.86. The smallest absolute Gasteiger partial charge is 0.355 e. The van der Waals surface area contributed by atoms with Gasteiger partial charge < -0.3 is 4.90 Å². The van der Waals surface area contributed by atoms with Crippen LogP contribution in [-0.2, 0) is 6.18 Å². The fraction of sp³-hybridized carbons (Fsp3) is 0.615. The minimum Gasteiger partial charge on any atom is -0.355 e. The Hall–Kier alpha value is -1.86. The molecule has 0 saturated heterocycles. The number of hydrogen-bond acceptors (Lipinski definition) is 4. The van der Waals surface area contributed by atoms with Gasteiger partial charge in [0.05, 0.1) is 0 Å². The summed E-state index contributed by atoms with van der Waals surface area (Å²) in [6.45, 7) is 7.55. The third-order valence-electron chi connectivity index (χ3n) is 3.44. The van der Waals surface area contributed by atoms with E-state index in [0.717, 1.165) is 17.5 Å². The van der Waals surface area contributed by atoms with E-state index in [4.69, 9.17) is 0 Å². The van der Waals surface area contributed by atoms with Crippen LogP contribution in [0.2, 0.25) is 0 Å². The van der Waals surface area contributed by atoms with E-state index in [9.17, 15) is 13.2 Å². The average Bonchev–Trinajstić information content (AvgIpc) is 2.87. The first kappa shape index (κ1) is 15.5. The van der Waals surface area contributed by atoms with Crippen molar-refractivity contribution in [3.05, 3.63) is 18.0 Å². The van der Waals surface area contributed by atoms with Gasteiger partial charge >= 0.3 is 6.18 Å². The van der Waals surface area contributed by atoms with Gasteiger partial charge in [-0.25, -0.2) is 0 Å². The molecule has 2 aromatic heterocycles. The molecule has 0 saturated carbocycles. The van der Waals surface area contributed by atoms with Crippen LogP contribution in [0.1, 0.15) is 33.0 Å². The largest absolute Gasteiger partial charge is 0.453 e. The second kappa shape index (κ2) is 5.87. The Morgan fingerprint density at radius 3 is 2.52 bits per heavy atom. The Labute approximate surface area is 120 Å². The van der Waals surface area contributed by atoms with Crippen LogP contribution in [-0.4, -0.2) is 32.9 Å². The number of halogens is 3. The summed E-state index contributed by atoms with van der Waals surface area (Å²) in [5.41, 5.74) is 0.0886. The molecule has 1 atom stereocenters. The van der Waals surface area contributed by atoms with Crippen molar-refractivity contribution in [1.82, 2.24) is 19.8 Å². The molecule has 0 fully saturated rings. The predicted octanol–water partition coefficient (Wildman–Crippen LogP) is 3.02. The van der Waals surface area contributed by atoms with E-state index in [-0.39, 0.29) is 5.65 Å². The van der Waals surface area contributed by atoms with E-state index in [1.54, 1.807) is 6.07 Å². The van der Waals surface area contributed by atoms with Crippen molar-refractivity contribution in [2.75, 3.05) is 18.0 Å². The summed E-state index contributed by atoms with van der Waals surface area (Å²) in [6, 6.07) is 3.18. The summed E-state index contributed by atoms with van der Waals surface area (Å²) in [4.78, 5) is 1.95. The van der Waals surface area contributed by atoms with Crippen molar-refractivity contribution in [2.45, 2.75) is 33.4 Å². The van der Waals surface area contributed by atoms with Gasteiger partial charge in [0.1, 0.15) is 5.82 Å². The summed E-state index contributed by atoms with van der Waals surface area (Å²) >= 11 is 0. The van der Waals surface area contributed by atoms with Crippen LogP contribution in [0.25, 0.3) is 5.65 Å². The molecule has 2 heterocycles. The Balaban J connectivity index is 2.40. The lowest BCUT2D eigenvalue weighted by Gasteiger charge is -2.24. The van der Waals surface area contributed by atoms with E-state index >= 15 is 0 Å². The van der Waals surface area contributed by atoms with E-state index in [1.807, 2.05) is 11.8 Å². The van der Waals surface area contributed by atoms with Gasteiger partial charge in [-0.2, -0.15) is 17.7 Å². The predicted molar refractivity (Wildman–Crippen MR) is 73.1 cm³/mol. The van der Waals surface area contributed by atoms with Gasteiger partial charge in [-0.3, -0.25) is 0 Å². The molecular formula is C13H18F3N5. The SMILES string of the molecule is CCC(C)CN(CC)c1ccc2nnc(C(F)(F)F)n2n1. The second-order valence-corrected chi connectivity index (χ2v) is 5.03. The number of fused-ring (bicyclic) bond motifs is 1. The number of hydrogen-bond donors (Lipinski definition) is 0. The topological polar surface area (TPSA) is 46.3 Å². The van der Waals surface area contributed by atoms with Crippen LogP contribution in [0.15, 0.2) is 12.1 Å². The summed E-state index contributed by atoms with van der Waals surface area (Å²) in [6.07, 6.45) is -3.57. The molecule has 5 nitrogen and oxygen atoms in total. The minimum atomic E-state index is -4.57. The Kier molecular flexibility index (Phi) is 4.34. The van der Waals surface area contributed by atoms with Crippen molar-refractivity contribution in [2.24, 2.45) is 5.92 Å². The van der Waals surface area contributed by atoms with Crippen LogP contribution in [0.3, 0.4) is 0 Å². The Morgan fingerprint density at radius 2 is 1.95 bits per heavy atom. The van der Waals surface area contributed by atoms with Gasteiger partial charge in [0.15, 0.2) is 5.65 Å². The molecule has 21 heavy (non-hydrogen) atoms. The number of rotatable bonds is 5. The highest BCUT2D eigenvalue weighted by Gasteiger charge is 2.37. The molecule has 0 aliphatic heterocycles. The lowest BCUT2D eigenvalue weighted by atomic mass is 10.1. The number of nitrogens with zero attached hydrogens (tertiary/aromatic N) is 5. The average molecular weight is 301 g/mol. The van der Waals surface area contributed by atoms with Gasteiger partial charge in [0.25, 0.3) is 5.82 Å². The molecule has 2 aromatic rings. The molecule has 8 heteroatoms. The Bertz CT molecular complexity index is 607. The fourth-order valence-corrected chi connectivity index (χ4v) is 2.01. The number of alkyl halides is 3. The van der Waals surface area contributed by atoms with Crippen LogP contribution < -0.4 is 4.90 Å². The van der Waals surface area contributed by atoms with Crippen LogP contribution >= 0.6 is 0 Å². The maximum atomic E-state index is 12.9. The van der Waals surface area contributed by atoms with E-state index < -0.39 is 12.0 Å². The molecule has 0 amide bonds. The Morgan fingerprint density at radius 1 is 1.24 bits per heavy atom. The molecule has 0 aromatic carbocycles. The lowest BCUT2D eigenvalue weighted by molar-refractivity contribution is -0.146. The number of aromatic nitrogens is 4. The highest BCUT2D eigenvalue weighted by atomic mass is 19.4. The van der Waals surface area contributed by atoms with Crippen molar-refractivity contribution in [3.63, 3.8) is 0 Å². The van der Waals surface area contributed by atoms with Crippen molar-refractivity contribution in [1.29, 1.82) is 0 Å². The van der Waals surface area contributed by atoms with Crippen molar-refractivity contribution >= 4 is 11.5 Å². The molecule has 0 aliphatic carbocycles. The fourth-order valence-electron chi connectivity index (χ4n) is 2.01. The van der Waals surface area contributed by atoms with Crippen LogP contribution in [0, 0.1) is 5.92 Å². The van der Waals surface area contributed by atoms with Crippen molar-refractivity contribution in [3.8, 4) is 0 Å². The third kappa shape index (κ3) is 3.25. The molecule has 0 aliphatic rings. The van der Waals surface area contributed by atoms with E-state index in [1.165, 1.54) is 6.07 Å². The highest BCUT2D eigenvalue weighted by molar-refractivity contribution is 5.46. The maximum Gasteiger partial charge on any atom is 0.453 e. The third-order valence-corrected chi connectivity index (χ3v) is 3.44. The highest BCUT2D eigenvalue weighted by Crippen LogP contribution is 2.28. The summed E-state index contributed by atoms with van der Waals surface area (Å²) in [5.74, 6) is -0.167. The molecule has 1 unspecified atom stereocenters. The summed E-state index contributed by atoms with van der Waals surface area (Å²) in [5, 5.41) is 10.7. The van der Waals surface area contributed by atoms with Gasteiger partial charge in [-0.1, -0.05) is 20.3 Å². The van der Waals surface area contributed by atoms with Crippen molar-refractivity contribution < 1.29 is 13.2 Å². The molecule has 116 valence electrons. The van der Waals surface area contributed by atoms with Crippen LogP contribution in [0.5, 0.6) is 0 Å². The maximum absolute atomic E-state index is 12.9. The standard InChI is InChI=1S/C13H18F3N5/c1-4-9(3)8-20(5-2)11-7-6-10-17-18-12(13(14,15)16)21(10)19-11/h6-7,9H,4-5,8H2,1-3H3. The molecule has 2 rings (SSSR count). The van der Waals surface area contributed by atoms with Gasteiger partial charge in [0, 0.05) is 13.1 Å². The first-order valence-electron chi connectivity index (χ1n) is 6.91. The second-order valence-electron chi connectivity index (χ2n) is 5.03. The molecule has 0 N–H and O–H groups in total. The normalized spacial score (nSPS) is 13.6. The van der Waals surface area contributed by atoms with E-state index in [2.05, 4.69) is 29.1 Å². The van der Waals surface area contributed by atoms with Gasteiger partial charge in [-0.15, -0.1) is 15.3 Å². The monoisotopic (exact) mass is 301 g/mol. The molecule has 0 radical (unpaired) electrons. The quantitative estimate of drug-likeness (QED) is 0.851. The zero-order valence-electron chi connectivity index (χ0n) is 12.2. The minimum absolute atomic E-state index is 0.0886. The molecule has 0 spiro atoms. The summed E-state index contributed by atoms with van der Waals surface area (Å²) in [7, 11) is 0. The zero-order valence-corrected chi connectivity index (χ0v) is 12.2. The lowest BCUT2D eigenvalue weighted by Crippen LogP contribution is -2.29. The molecule has 0 bridgehead atoms.